The van der Waals surface area contributed by atoms with Crippen LogP contribution >= 0.6 is 0 Å². The summed E-state index contributed by atoms with van der Waals surface area (Å²) in [6, 6.07) is 0. The number of hydrogen-bond donors (Lipinski definition) is 0. The van der Waals surface area contributed by atoms with Gasteiger partial charge in [0, 0.05) is 18.6 Å². The van der Waals surface area contributed by atoms with Crippen molar-refractivity contribution in [1.29, 1.82) is 0 Å². The monoisotopic (exact) mass is 198 g/mol. The molecule has 0 radical (unpaired) electrons. The van der Waals surface area contributed by atoms with Crippen LogP contribution in [0.15, 0.2) is 23.7 Å². The Morgan fingerprint density at radius 2 is 2.15 bits per heavy atom. The van der Waals surface area contributed by atoms with Crippen LogP contribution in [0.4, 0.5) is 0 Å². The summed E-state index contributed by atoms with van der Waals surface area (Å²) in [4.78, 5) is 7.55. The topological polar surface area (TPSA) is 77.2 Å². The van der Waals surface area contributed by atoms with Crippen molar-refractivity contribution < 1.29 is 8.42 Å². The van der Waals surface area contributed by atoms with Crippen LogP contribution in [0.1, 0.15) is 0 Å². The molecule has 0 spiro atoms. The predicted molar refractivity (Wildman–Crippen MR) is 43.9 cm³/mol. The molecule has 0 saturated heterocycles. The van der Waals surface area contributed by atoms with Gasteiger partial charge in [-0.1, -0.05) is 0 Å². The first-order valence-corrected chi connectivity index (χ1v) is 5.33. The van der Waals surface area contributed by atoms with Crippen LogP contribution in [0.5, 0.6) is 0 Å². The average Bonchev–Trinajstić information content (AvgIpc) is 2.47. The first kappa shape index (κ1) is 8.11. The summed E-state index contributed by atoms with van der Waals surface area (Å²) in [5.41, 5.74) is 0.521. The van der Waals surface area contributed by atoms with Gasteiger partial charge in [0.25, 0.3) is 5.16 Å². The van der Waals surface area contributed by atoms with Crippen LogP contribution in [0.3, 0.4) is 0 Å². The van der Waals surface area contributed by atoms with Gasteiger partial charge in [0.1, 0.15) is 0 Å². The molecule has 68 valence electrons. The number of fused-ring (bicyclic) bond motifs is 1. The molecule has 0 aliphatic heterocycles. The zero-order valence-electron chi connectivity index (χ0n) is 6.75. The van der Waals surface area contributed by atoms with Gasteiger partial charge in [-0.3, -0.25) is 0 Å². The van der Waals surface area contributed by atoms with Crippen molar-refractivity contribution in [3.8, 4) is 0 Å². The molecular formula is C6H6N4O2S. The number of aromatic nitrogens is 4. The van der Waals surface area contributed by atoms with Crippen LogP contribution in [0.25, 0.3) is 5.65 Å². The number of sulfone groups is 1. The molecule has 6 nitrogen and oxygen atoms in total. The Balaban J connectivity index is 2.75. The van der Waals surface area contributed by atoms with E-state index in [4.69, 9.17) is 0 Å². The Bertz CT molecular complexity index is 545. The fraction of sp³-hybridized carbons (Fsp3) is 0.167. The summed E-state index contributed by atoms with van der Waals surface area (Å²) in [7, 11) is -3.34. The highest BCUT2D eigenvalue weighted by Gasteiger charge is 2.11. The van der Waals surface area contributed by atoms with Crippen LogP contribution in [0, 0.1) is 0 Å². The van der Waals surface area contributed by atoms with Crippen molar-refractivity contribution in [2.75, 3.05) is 6.26 Å². The summed E-state index contributed by atoms with van der Waals surface area (Å²) >= 11 is 0. The smallest absolute Gasteiger partial charge is 0.234 e. The van der Waals surface area contributed by atoms with E-state index in [1.807, 2.05) is 0 Å². The van der Waals surface area contributed by atoms with Crippen molar-refractivity contribution >= 4 is 15.5 Å². The van der Waals surface area contributed by atoms with Crippen LogP contribution in [-0.4, -0.2) is 34.3 Å². The third-order valence-corrected chi connectivity index (χ3v) is 2.32. The largest absolute Gasteiger partial charge is 0.265 e. The van der Waals surface area contributed by atoms with E-state index >= 15 is 0 Å². The predicted octanol–water partition coefficient (Wildman–Crippen LogP) is -0.472. The Morgan fingerprint density at radius 1 is 1.38 bits per heavy atom. The number of nitrogens with zero attached hydrogens (tertiary/aromatic N) is 4. The summed E-state index contributed by atoms with van der Waals surface area (Å²) in [5, 5.41) is 3.57. The molecule has 2 aromatic rings. The molecule has 2 aromatic heterocycles. The molecule has 0 bridgehead atoms. The quantitative estimate of drug-likeness (QED) is 0.619. The number of rotatable bonds is 1. The molecule has 0 aliphatic rings. The first-order chi connectivity index (χ1) is 6.07. The molecule has 2 heterocycles. The molecule has 2 rings (SSSR count). The van der Waals surface area contributed by atoms with Crippen LogP contribution in [-0.2, 0) is 9.84 Å². The maximum absolute atomic E-state index is 11.0. The SMILES string of the molecule is CS(=O)(=O)c1ncc2nccn2n1. The minimum Gasteiger partial charge on any atom is -0.234 e. The Morgan fingerprint density at radius 3 is 2.85 bits per heavy atom. The molecule has 0 N–H and O–H groups in total. The Kier molecular flexibility index (Phi) is 1.56. The molecule has 0 unspecified atom stereocenters. The maximum atomic E-state index is 11.0. The molecule has 0 atom stereocenters. The van der Waals surface area contributed by atoms with Gasteiger partial charge in [-0.15, -0.1) is 5.10 Å². The number of hydrogen-bond acceptors (Lipinski definition) is 5. The molecule has 0 aliphatic carbocycles. The maximum Gasteiger partial charge on any atom is 0.265 e. The normalized spacial score (nSPS) is 12.1. The second kappa shape index (κ2) is 2.49. The number of imidazole rings is 1. The molecule has 7 heteroatoms. The van der Waals surface area contributed by atoms with Crippen molar-refractivity contribution in [3.05, 3.63) is 18.6 Å². The highest BCUT2D eigenvalue weighted by molar-refractivity contribution is 7.90. The standard InChI is InChI=1S/C6H6N4O2S/c1-13(11,12)6-8-4-5-7-2-3-10(5)9-6/h2-4H,1H3. The van der Waals surface area contributed by atoms with E-state index in [9.17, 15) is 8.42 Å². The molecule has 0 aromatic carbocycles. The van der Waals surface area contributed by atoms with Gasteiger partial charge < -0.3 is 0 Å². The lowest BCUT2D eigenvalue weighted by Crippen LogP contribution is -2.06. The highest BCUT2D eigenvalue weighted by atomic mass is 32.2. The second-order valence-corrected chi connectivity index (χ2v) is 4.45. The highest BCUT2D eigenvalue weighted by Crippen LogP contribution is 2.01. The summed E-state index contributed by atoms with van der Waals surface area (Å²) in [6.07, 6.45) is 5.51. The Hall–Kier alpha value is -1.50. The van der Waals surface area contributed by atoms with Crippen LogP contribution in [0.2, 0.25) is 0 Å². The molecule has 0 amide bonds. The van der Waals surface area contributed by atoms with Gasteiger partial charge in [0.2, 0.25) is 9.84 Å². The van der Waals surface area contributed by atoms with E-state index in [1.54, 1.807) is 6.20 Å². The van der Waals surface area contributed by atoms with Gasteiger partial charge >= 0.3 is 0 Å². The summed E-state index contributed by atoms with van der Waals surface area (Å²) in [6.45, 7) is 0. The zero-order valence-corrected chi connectivity index (χ0v) is 7.56. The van der Waals surface area contributed by atoms with Gasteiger partial charge in [-0.2, -0.15) is 0 Å². The summed E-state index contributed by atoms with van der Waals surface area (Å²) in [5.74, 6) is 0. The van der Waals surface area contributed by atoms with Crippen molar-refractivity contribution in [3.63, 3.8) is 0 Å². The Labute approximate surface area is 74.2 Å². The minimum atomic E-state index is -3.34. The lowest BCUT2D eigenvalue weighted by molar-refractivity contribution is 0.587. The molecule has 0 fully saturated rings. The lowest BCUT2D eigenvalue weighted by atomic mass is 10.8. The van der Waals surface area contributed by atoms with E-state index in [0.29, 0.717) is 5.65 Å². The van der Waals surface area contributed by atoms with E-state index in [1.165, 1.54) is 16.9 Å². The zero-order chi connectivity index (χ0) is 9.47. The minimum absolute atomic E-state index is 0.196. The van der Waals surface area contributed by atoms with Crippen molar-refractivity contribution in [2.45, 2.75) is 5.16 Å². The van der Waals surface area contributed by atoms with E-state index in [0.717, 1.165) is 6.26 Å². The average molecular weight is 198 g/mol. The molecule has 0 saturated carbocycles. The van der Waals surface area contributed by atoms with Crippen molar-refractivity contribution in [1.82, 2.24) is 19.6 Å². The van der Waals surface area contributed by atoms with Gasteiger partial charge in [0.05, 0.1) is 6.20 Å². The third-order valence-electron chi connectivity index (χ3n) is 1.46. The fourth-order valence-corrected chi connectivity index (χ4v) is 1.37. The van der Waals surface area contributed by atoms with E-state index < -0.39 is 9.84 Å². The first-order valence-electron chi connectivity index (χ1n) is 3.44. The summed E-state index contributed by atoms with van der Waals surface area (Å²) < 4.78 is 23.4. The van der Waals surface area contributed by atoms with E-state index in [-0.39, 0.29) is 5.16 Å². The lowest BCUT2D eigenvalue weighted by Gasteiger charge is -1.95. The molecular weight excluding hydrogens is 192 g/mol. The fourth-order valence-electron chi connectivity index (χ4n) is 0.886. The third kappa shape index (κ3) is 1.37. The molecule has 13 heavy (non-hydrogen) atoms. The van der Waals surface area contributed by atoms with Crippen molar-refractivity contribution in [2.24, 2.45) is 0 Å². The second-order valence-electron chi connectivity index (χ2n) is 2.54. The van der Waals surface area contributed by atoms with Crippen LogP contribution < -0.4 is 0 Å². The van der Waals surface area contributed by atoms with Gasteiger partial charge in [-0.25, -0.2) is 22.9 Å². The van der Waals surface area contributed by atoms with E-state index in [2.05, 4.69) is 15.1 Å². The van der Waals surface area contributed by atoms with Gasteiger partial charge in [-0.05, 0) is 0 Å². The van der Waals surface area contributed by atoms with Gasteiger partial charge in [0.15, 0.2) is 5.65 Å².